The molecule has 2 rings (SSSR count). The molecule has 1 heterocycles. The minimum Gasteiger partial charge on any atom is -0.396 e. The molecule has 0 radical (unpaired) electrons. The molecule has 1 unspecified atom stereocenters. The molecule has 0 amide bonds. The number of ether oxygens (including phenoxy) is 2. The molecule has 1 spiro atoms. The highest BCUT2D eigenvalue weighted by molar-refractivity contribution is 4.83. The van der Waals surface area contributed by atoms with Gasteiger partial charge in [0.2, 0.25) is 0 Å². The van der Waals surface area contributed by atoms with Gasteiger partial charge in [-0.25, -0.2) is 0 Å². The molecule has 0 bridgehead atoms. The van der Waals surface area contributed by atoms with Gasteiger partial charge in [0.25, 0.3) is 0 Å². The van der Waals surface area contributed by atoms with Crippen molar-refractivity contribution in [1.82, 2.24) is 0 Å². The lowest BCUT2D eigenvalue weighted by Gasteiger charge is -2.37. The Morgan fingerprint density at radius 1 is 1.29 bits per heavy atom. The van der Waals surface area contributed by atoms with Crippen molar-refractivity contribution in [1.29, 1.82) is 0 Å². The first kappa shape index (κ1) is 10.4. The van der Waals surface area contributed by atoms with Crippen molar-refractivity contribution in [2.45, 2.75) is 38.4 Å². The first-order chi connectivity index (χ1) is 6.76. The maximum Gasteiger partial charge on any atom is 0.168 e. The molecule has 1 N–H and O–H groups in total. The molecule has 2 fully saturated rings. The Morgan fingerprint density at radius 2 is 1.86 bits per heavy atom. The minimum atomic E-state index is -0.244. The lowest BCUT2D eigenvalue weighted by Crippen LogP contribution is -2.37. The lowest BCUT2D eigenvalue weighted by atomic mass is 9.78. The third-order valence-electron chi connectivity index (χ3n) is 3.70. The molecular weight excluding hydrogens is 180 g/mol. The van der Waals surface area contributed by atoms with E-state index in [2.05, 4.69) is 6.92 Å². The van der Waals surface area contributed by atoms with Crippen molar-refractivity contribution >= 4 is 0 Å². The van der Waals surface area contributed by atoms with Gasteiger partial charge in [-0.2, -0.15) is 0 Å². The van der Waals surface area contributed by atoms with Crippen molar-refractivity contribution < 1.29 is 14.6 Å². The van der Waals surface area contributed by atoms with Crippen molar-refractivity contribution in [3.63, 3.8) is 0 Å². The zero-order chi connectivity index (χ0) is 10.0. The topological polar surface area (TPSA) is 38.7 Å². The molecule has 2 aliphatic rings. The van der Waals surface area contributed by atoms with E-state index < -0.39 is 0 Å². The fraction of sp³-hybridized carbons (Fsp3) is 1.00. The highest BCUT2D eigenvalue weighted by atomic mass is 16.7. The second-order valence-corrected chi connectivity index (χ2v) is 4.60. The van der Waals surface area contributed by atoms with E-state index in [9.17, 15) is 0 Å². The van der Waals surface area contributed by atoms with Crippen LogP contribution in [0.2, 0.25) is 0 Å². The van der Waals surface area contributed by atoms with Crippen LogP contribution in [0.15, 0.2) is 0 Å². The van der Waals surface area contributed by atoms with Gasteiger partial charge in [-0.1, -0.05) is 6.92 Å². The number of hydrogen-bond donors (Lipinski definition) is 1. The summed E-state index contributed by atoms with van der Waals surface area (Å²) in [6, 6.07) is 0. The molecule has 0 aromatic heterocycles. The first-order valence-corrected chi connectivity index (χ1v) is 5.64. The Bertz CT molecular complexity index is 177. The Hall–Kier alpha value is -0.120. The second-order valence-electron chi connectivity index (χ2n) is 4.60. The van der Waals surface area contributed by atoms with Crippen molar-refractivity contribution in [3.05, 3.63) is 0 Å². The maximum absolute atomic E-state index is 9.08. The predicted molar refractivity (Wildman–Crippen MR) is 52.8 cm³/mol. The predicted octanol–water partition coefficient (Wildman–Crippen LogP) is 1.55. The summed E-state index contributed by atoms with van der Waals surface area (Å²) in [5, 5.41) is 9.08. The van der Waals surface area contributed by atoms with E-state index >= 15 is 0 Å². The van der Waals surface area contributed by atoms with Crippen LogP contribution < -0.4 is 0 Å². The van der Waals surface area contributed by atoms with E-state index in [4.69, 9.17) is 14.6 Å². The largest absolute Gasteiger partial charge is 0.396 e. The molecule has 1 saturated heterocycles. The molecule has 82 valence electrons. The van der Waals surface area contributed by atoms with E-state index in [0.29, 0.717) is 18.4 Å². The van der Waals surface area contributed by atoms with Gasteiger partial charge in [0.1, 0.15) is 0 Å². The second kappa shape index (κ2) is 4.17. The Morgan fingerprint density at radius 3 is 2.36 bits per heavy atom. The zero-order valence-electron chi connectivity index (χ0n) is 8.87. The van der Waals surface area contributed by atoms with Crippen LogP contribution >= 0.6 is 0 Å². The van der Waals surface area contributed by atoms with Gasteiger partial charge in [0.15, 0.2) is 5.79 Å². The molecular formula is C11H20O3. The summed E-state index contributed by atoms with van der Waals surface area (Å²) in [5.74, 6) is 0.832. The van der Waals surface area contributed by atoms with Crippen molar-refractivity contribution in [2.24, 2.45) is 11.8 Å². The van der Waals surface area contributed by atoms with Crippen LogP contribution in [-0.2, 0) is 9.47 Å². The van der Waals surface area contributed by atoms with Crippen LogP contribution in [0.3, 0.4) is 0 Å². The van der Waals surface area contributed by atoms with Gasteiger partial charge >= 0.3 is 0 Å². The highest BCUT2D eigenvalue weighted by Crippen LogP contribution is 2.40. The summed E-state index contributed by atoms with van der Waals surface area (Å²) in [6.07, 6.45) is 4.26. The van der Waals surface area contributed by atoms with Gasteiger partial charge in [-0.05, 0) is 24.7 Å². The first-order valence-electron chi connectivity index (χ1n) is 5.64. The number of aliphatic hydroxyl groups excluding tert-OH is 1. The van der Waals surface area contributed by atoms with Crippen LogP contribution in [0.5, 0.6) is 0 Å². The third kappa shape index (κ3) is 1.95. The molecule has 3 heteroatoms. The van der Waals surface area contributed by atoms with Crippen LogP contribution in [0, 0.1) is 11.8 Å². The van der Waals surface area contributed by atoms with E-state index in [1.54, 1.807) is 0 Å². The van der Waals surface area contributed by atoms with E-state index in [1.165, 1.54) is 0 Å². The monoisotopic (exact) mass is 200 g/mol. The summed E-state index contributed by atoms with van der Waals surface area (Å²) >= 11 is 0. The Labute approximate surface area is 85.4 Å². The molecule has 1 atom stereocenters. The van der Waals surface area contributed by atoms with Gasteiger partial charge in [0, 0.05) is 19.4 Å². The SMILES string of the molecule is CC(CO)C1CCC2(CC1)OCCO2. The van der Waals surface area contributed by atoms with E-state index in [1.807, 2.05) is 0 Å². The summed E-state index contributed by atoms with van der Waals surface area (Å²) < 4.78 is 11.3. The van der Waals surface area contributed by atoms with Gasteiger partial charge in [-0.15, -0.1) is 0 Å². The average Bonchev–Trinajstić information content (AvgIpc) is 2.67. The zero-order valence-corrected chi connectivity index (χ0v) is 8.87. The molecule has 14 heavy (non-hydrogen) atoms. The standard InChI is InChI=1S/C11H20O3/c1-9(8-12)10-2-4-11(5-3-10)13-6-7-14-11/h9-10,12H,2-8H2,1H3. The van der Waals surface area contributed by atoms with Crippen molar-refractivity contribution in [2.75, 3.05) is 19.8 Å². The number of hydrogen-bond acceptors (Lipinski definition) is 3. The highest BCUT2D eigenvalue weighted by Gasteiger charge is 2.41. The molecule has 1 aliphatic heterocycles. The van der Waals surface area contributed by atoms with Gasteiger partial charge in [-0.3, -0.25) is 0 Å². The summed E-state index contributed by atoms with van der Waals surface area (Å²) in [6.45, 7) is 3.93. The number of aliphatic hydroxyl groups is 1. The van der Waals surface area contributed by atoms with Crippen LogP contribution in [0.4, 0.5) is 0 Å². The molecule has 0 aromatic rings. The third-order valence-corrected chi connectivity index (χ3v) is 3.70. The Kier molecular flexibility index (Phi) is 3.10. The molecule has 0 aromatic carbocycles. The average molecular weight is 200 g/mol. The molecule has 3 nitrogen and oxygen atoms in total. The fourth-order valence-electron chi connectivity index (χ4n) is 2.58. The lowest BCUT2D eigenvalue weighted by molar-refractivity contribution is -0.185. The summed E-state index contributed by atoms with van der Waals surface area (Å²) in [7, 11) is 0. The van der Waals surface area contributed by atoms with Gasteiger partial charge in [0.05, 0.1) is 13.2 Å². The smallest absolute Gasteiger partial charge is 0.168 e. The van der Waals surface area contributed by atoms with E-state index in [-0.39, 0.29) is 5.79 Å². The quantitative estimate of drug-likeness (QED) is 0.735. The van der Waals surface area contributed by atoms with Gasteiger partial charge < -0.3 is 14.6 Å². The van der Waals surface area contributed by atoms with Crippen LogP contribution in [-0.4, -0.2) is 30.7 Å². The number of rotatable bonds is 2. The fourth-order valence-corrected chi connectivity index (χ4v) is 2.58. The van der Waals surface area contributed by atoms with Crippen LogP contribution in [0.1, 0.15) is 32.6 Å². The Balaban J connectivity index is 1.85. The van der Waals surface area contributed by atoms with E-state index in [0.717, 1.165) is 38.9 Å². The molecule has 1 aliphatic carbocycles. The summed E-state index contributed by atoms with van der Waals surface area (Å²) in [4.78, 5) is 0. The normalized spacial score (nSPS) is 29.6. The molecule has 1 saturated carbocycles. The summed E-state index contributed by atoms with van der Waals surface area (Å²) in [5.41, 5.74) is 0. The maximum atomic E-state index is 9.08. The van der Waals surface area contributed by atoms with Crippen molar-refractivity contribution in [3.8, 4) is 0 Å². The van der Waals surface area contributed by atoms with Crippen LogP contribution in [0.25, 0.3) is 0 Å². The minimum absolute atomic E-state index is 0.244.